The van der Waals surface area contributed by atoms with Gasteiger partial charge in [0, 0.05) is 23.7 Å². The zero-order valence-corrected chi connectivity index (χ0v) is 32.9. The number of aliphatic hydroxyl groups is 4. The number of carbonyl (C=O) groups is 4. The number of ether oxygens (including phenoxy) is 4. The van der Waals surface area contributed by atoms with Crippen LogP contribution in [0.4, 0.5) is 0 Å². The highest BCUT2D eigenvalue weighted by Gasteiger charge is 2.43. The lowest BCUT2D eigenvalue weighted by Crippen LogP contribution is -2.48. The lowest BCUT2D eigenvalue weighted by molar-refractivity contribution is -0.183. The van der Waals surface area contributed by atoms with Crippen molar-refractivity contribution in [3.63, 3.8) is 0 Å². The van der Waals surface area contributed by atoms with Crippen LogP contribution in [0.1, 0.15) is 110 Å². The number of esters is 4. The monoisotopic (exact) mass is 716 g/mol. The molecular weight excluding hydrogens is 648 g/mol. The summed E-state index contributed by atoms with van der Waals surface area (Å²) in [6.07, 6.45) is -1.01. The second-order valence-corrected chi connectivity index (χ2v) is 15.5. The summed E-state index contributed by atoms with van der Waals surface area (Å²) in [4.78, 5) is 44.8. The molecule has 4 heterocycles. The third kappa shape index (κ3) is 11.4. The highest BCUT2D eigenvalue weighted by atomic mass is 16.6. The van der Waals surface area contributed by atoms with E-state index in [2.05, 4.69) is 13.8 Å². The maximum absolute atomic E-state index is 11.4. The molecule has 4 aliphatic rings. The summed E-state index contributed by atoms with van der Waals surface area (Å²) in [7, 11) is 0. The molecule has 4 saturated heterocycles. The smallest absolute Gasteiger partial charge is 0.311 e. The number of hydrogen-bond donors (Lipinski definition) is 4. The van der Waals surface area contributed by atoms with E-state index in [4.69, 9.17) is 18.9 Å². The average Bonchev–Trinajstić information content (AvgIpc) is 3.08. The molecule has 0 radical (unpaired) electrons. The van der Waals surface area contributed by atoms with Crippen LogP contribution in [-0.2, 0) is 38.1 Å². The Hall–Kier alpha value is -2.28. The van der Waals surface area contributed by atoms with Gasteiger partial charge in [-0.25, -0.2) is 0 Å². The largest absolute Gasteiger partial charge is 0.462 e. The molecule has 1 unspecified atom stereocenters. The molecular formula is C38H68O12. The predicted octanol–water partition coefficient (Wildman–Crippen LogP) is 4.31. The van der Waals surface area contributed by atoms with Crippen LogP contribution in [-0.4, -0.2) is 93.1 Å². The molecule has 12 nitrogen and oxygen atoms in total. The molecule has 0 aromatic carbocycles. The Morgan fingerprint density at radius 1 is 0.500 bits per heavy atom. The van der Waals surface area contributed by atoms with Gasteiger partial charge < -0.3 is 39.4 Å². The topological polar surface area (TPSA) is 186 Å². The third-order valence-corrected chi connectivity index (χ3v) is 11.4. The van der Waals surface area contributed by atoms with E-state index in [9.17, 15) is 39.6 Å². The van der Waals surface area contributed by atoms with Gasteiger partial charge in [-0.1, -0.05) is 68.7 Å². The average molecular weight is 717 g/mol. The maximum atomic E-state index is 11.4. The van der Waals surface area contributed by atoms with Gasteiger partial charge in [0.2, 0.25) is 0 Å². The van der Waals surface area contributed by atoms with E-state index in [1.165, 1.54) is 0 Å². The summed E-state index contributed by atoms with van der Waals surface area (Å²) >= 11 is 0. The van der Waals surface area contributed by atoms with Gasteiger partial charge in [-0.3, -0.25) is 19.2 Å². The molecule has 0 bridgehead atoms. The van der Waals surface area contributed by atoms with Gasteiger partial charge in [0.15, 0.2) is 0 Å². The molecule has 17 atom stereocenters. The first-order chi connectivity index (χ1) is 23.0. The molecule has 0 aromatic rings. The number of aliphatic hydroxyl groups excluding tert-OH is 4. The Balaban J connectivity index is 0.000000335. The van der Waals surface area contributed by atoms with E-state index in [0.717, 1.165) is 12.8 Å². The minimum absolute atomic E-state index is 0.0349. The van der Waals surface area contributed by atoms with Crippen molar-refractivity contribution in [2.45, 2.75) is 159 Å². The lowest BCUT2D eigenvalue weighted by atomic mass is 9.81. The fraction of sp³-hybridized carbons (Fsp3) is 0.895. The minimum Gasteiger partial charge on any atom is -0.462 e. The fourth-order valence-corrected chi connectivity index (χ4v) is 6.79. The molecule has 0 aromatic heterocycles. The fourth-order valence-electron chi connectivity index (χ4n) is 6.79. The Morgan fingerprint density at radius 2 is 0.840 bits per heavy atom. The highest BCUT2D eigenvalue weighted by molar-refractivity contribution is 5.75. The maximum Gasteiger partial charge on any atom is 0.311 e. The molecule has 4 rings (SSSR count). The number of carbonyl (C=O) groups excluding carboxylic acids is 4. The standard InChI is InChI=1S/C11H20O3.C10H18O3.C9H16O3.C8H14O3/c1-5-6(2)10-7(3)9(12)8(4)11(13)14-10;1-5(2)9-6(3)8(11)7(4)10(12)13-9;1-4-7-5(2)8(10)6(3)9(11)12-7;1-4-6(3)11-8(10)5(2)7(4)9/h6-10,12H,5H2,1-4H3;5-9,11H,1-4H3;5-8,10H,4H2,1-3H3;4-7,9H,1-3H3/t6?,7-,8+,9-,10-;6-,7+,8-,9-;5-,6-,7+,8+;4-,5-,6+,7+/m0011/s1. The van der Waals surface area contributed by atoms with Crippen LogP contribution in [0.2, 0.25) is 0 Å². The van der Waals surface area contributed by atoms with Crippen LogP contribution in [0.5, 0.6) is 0 Å². The van der Waals surface area contributed by atoms with Crippen molar-refractivity contribution in [2.24, 2.45) is 59.2 Å². The van der Waals surface area contributed by atoms with E-state index >= 15 is 0 Å². The second kappa shape index (κ2) is 20.1. The van der Waals surface area contributed by atoms with Crippen molar-refractivity contribution in [1.82, 2.24) is 0 Å². The molecule has 0 spiro atoms. The van der Waals surface area contributed by atoms with Crippen LogP contribution >= 0.6 is 0 Å². The molecule has 292 valence electrons. The molecule has 50 heavy (non-hydrogen) atoms. The molecule has 0 amide bonds. The molecule has 12 heteroatoms. The number of rotatable bonds is 4. The lowest BCUT2D eigenvalue weighted by Gasteiger charge is -2.38. The van der Waals surface area contributed by atoms with Crippen molar-refractivity contribution >= 4 is 23.9 Å². The van der Waals surface area contributed by atoms with Gasteiger partial charge in [-0.15, -0.1) is 0 Å². The van der Waals surface area contributed by atoms with Crippen molar-refractivity contribution < 1.29 is 58.6 Å². The van der Waals surface area contributed by atoms with Gasteiger partial charge in [0.25, 0.3) is 0 Å². The van der Waals surface area contributed by atoms with E-state index in [1.807, 2.05) is 48.5 Å². The zero-order valence-electron chi connectivity index (χ0n) is 32.9. The van der Waals surface area contributed by atoms with Crippen molar-refractivity contribution in [3.05, 3.63) is 0 Å². The van der Waals surface area contributed by atoms with Crippen molar-refractivity contribution in [2.75, 3.05) is 0 Å². The number of cyclic esters (lactones) is 4. The molecule has 4 N–H and O–H groups in total. The van der Waals surface area contributed by atoms with Crippen molar-refractivity contribution in [1.29, 1.82) is 0 Å². The van der Waals surface area contributed by atoms with E-state index < -0.39 is 24.4 Å². The van der Waals surface area contributed by atoms with Crippen LogP contribution in [0.15, 0.2) is 0 Å². The SMILES string of the molecule is CC(C)[C@@H]1OC(=O)[C@H](C)[C@@H](O)[C@@H]1C.CCC(C)[C@@H]1OC(=O)[C@H](C)[C@@H](O)[C@@H]1C.CC[C@@H]1OC(=O)[C@H](C)[C@@H](O)[C@@H]1C.C[C@H]1[C@H](O)[C@@H](C)C(=O)O[C@H]1C. The molecule has 4 aliphatic heterocycles. The summed E-state index contributed by atoms with van der Waals surface area (Å²) in [5.41, 5.74) is 0. The van der Waals surface area contributed by atoms with E-state index in [-0.39, 0.29) is 102 Å². The zero-order chi connectivity index (χ0) is 38.9. The Labute approximate surface area is 300 Å². The van der Waals surface area contributed by atoms with Gasteiger partial charge in [0.1, 0.15) is 24.4 Å². The summed E-state index contributed by atoms with van der Waals surface area (Å²) in [6.45, 7) is 26.4. The predicted molar refractivity (Wildman–Crippen MR) is 187 cm³/mol. The quantitative estimate of drug-likeness (QED) is 0.239. The Bertz CT molecular complexity index is 1090. The summed E-state index contributed by atoms with van der Waals surface area (Å²) in [5.74, 6) is -1.85. The summed E-state index contributed by atoms with van der Waals surface area (Å²) < 4.78 is 20.7. The van der Waals surface area contributed by atoms with Crippen LogP contribution < -0.4 is 0 Å². The Kier molecular flexibility index (Phi) is 18.4. The first kappa shape index (κ1) is 45.7. The van der Waals surface area contributed by atoms with Crippen LogP contribution in [0.3, 0.4) is 0 Å². The molecule has 0 aliphatic carbocycles. The third-order valence-electron chi connectivity index (χ3n) is 11.4. The van der Waals surface area contributed by atoms with Gasteiger partial charge in [0.05, 0.1) is 48.1 Å². The molecule has 4 fully saturated rings. The first-order valence-electron chi connectivity index (χ1n) is 18.6. The van der Waals surface area contributed by atoms with Gasteiger partial charge in [-0.2, -0.15) is 0 Å². The second-order valence-electron chi connectivity index (χ2n) is 15.5. The van der Waals surface area contributed by atoms with E-state index in [1.54, 1.807) is 34.6 Å². The van der Waals surface area contributed by atoms with Crippen LogP contribution in [0.25, 0.3) is 0 Å². The number of hydrogen-bond acceptors (Lipinski definition) is 12. The summed E-state index contributed by atoms with van der Waals surface area (Å²) in [6, 6.07) is 0. The van der Waals surface area contributed by atoms with Gasteiger partial charge in [-0.05, 0) is 52.9 Å². The van der Waals surface area contributed by atoms with Crippen molar-refractivity contribution in [3.8, 4) is 0 Å². The molecule has 0 saturated carbocycles. The Morgan fingerprint density at radius 3 is 1.24 bits per heavy atom. The van der Waals surface area contributed by atoms with Crippen LogP contribution in [0, 0.1) is 59.2 Å². The first-order valence-corrected chi connectivity index (χ1v) is 18.6. The minimum atomic E-state index is -0.561. The summed E-state index contributed by atoms with van der Waals surface area (Å²) in [5, 5.41) is 38.7. The highest BCUT2D eigenvalue weighted by Crippen LogP contribution is 2.32. The van der Waals surface area contributed by atoms with Gasteiger partial charge >= 0.3 is 23.9 Å². The van der Waals surface area contributed by atoms with E-state index in [0.29, 0.717) is 5.92 Å². The normalized spacial score (nSPS) is 42.1.